The maximum absolute atomic E-state index is 14.3. The number of halogens is 2. The quantitative estimate of drug-likeness (QED) is 0.573. The van der Waals surface area contributed by atoms with Gasteiger partial charge in [0.25, 0.3) is 0 Å². The second-order valence-corrected chi connectivity index (χ2v) is 7.72. The Kier molecular flexibility index (Phi) is 7.04. The molecule has 4 nitrogen and oxygen atoms in total. The highest BCUT2D eigenvalue weighted by molar-refractivity contribution is 6.33. The number of carboxylic acids is 1. The standard InChI is InChI=1S/C23H23ClFNO3/c24-19-8-4-3-7-18(19)16-10-11-20(25)17(13-16)14-21(23(28)29)26-22(27)12-9-15-5-1-2-6-15/h3-4,7-8,10-11,13-15H,1-2,5-6,9,12H2,(H,26,27)(H,28,29)/b21-14-. The molecular formula is C23H23ClFNO3. The molecule has 1 fully saturated rings. The van der Waals surface area contributed by atoms with Gasteiger partial charge in [-0.25, -0.2) is 9.18 Å². The monoisotopic (exact) mass is 415 g/mol. The van der Waals surface area contributed by atoms with Crippen LogP contribution in [0.3, 0.4) is 0 Å². The largest absolute Gasteiger partial charge is 0.477 e. The Morgan fingerprint density at radius 1 is 1.17 bits per heavy atom. The van der Waals surface area contributed by atoms with Gasteiger partial charge in [0.1, 0.15) is 11.5 Å². The molecule has 0 radical (unpaired) electrons. The number of rotatable bonds is 7. The minimum atomic E-state index is -1.32. The number of carbonyl (C=O) groups is 2. The van der Waals surface area contributed by atoms with E-state index in [0.29, 0.717) is 22.1 Å². The Morgan fingerprint density at radius 3 is 2.59 bits per heavy atom. The van der Waals surface area contributed by atoms with Crippen LogP contribution in [0.2, 0.25) is 5.02 Å². The first-order chi connectivity index (χ1) is 13.9. The summed E-state index contributed by atoms with van der Waals surface area (Å²) >= 11 is 6.20. The van der Waals surface area contributed by atoms with Crippen LogP contribution in [0.5, 0.6) is 0 Å². The molecule has 3 rings (SSSR count). The van der Waals surface area contributed by atoms with Gasteiger partial charge in [0, 0.05) is 22.6 Å². The Balaban J connectivity index is 1.79. The molecule has 152 valence electrons. The summed E-state index contributed by atoms with van der Waals surface area (Å²) < 4.78 is 14.3. The molecule has 2 N–H and O–H groups in total. The van der Waals surface area contributed by atoms with E-state index in [1.807, 2.05) is 6.07 Å². The molecular weight excluding hydrogens is 393 g/mol. The summed E-state index contributed by atoms with van der Waals surface area (Å²) in [5.74, 6) is -1.74. The van der Waals surface area contributed by atoms with E-state index < -0.39 is 11.8 Å². The number of carboxylic acid groups (broad SMARTS) is 1. The topological polar surface area (TPSA) is 66.4 Å². The third-order valence-corrected chi connectivity index (χ3v) is 5.57. The fraction of sp³-hybridized carbons (Fsp3) is 0.304. The van der Waals surface area contributed by atoms with Crippen molar-refractivity contribution < 1.29 is 19.1 Å². The first-order valence-electron chi connectivity index (χ1n) is 9.73. The number of carbonyl (C=O) groups excluding carboxylic acids is 1. The summed E-state index contributed by atoms with van der Waals surface area (Å²) in [6, 6.07) is 11.5. The smallest absolute Gasteiger partial charge is 0.352 e. The Labute approximate surface area is 174 Å². The minimum Gasteiger partial charge on any atom is -0.477 e. The lowest BCUT2D eigenvalue weighted by Crippen LogP contribution is -2.27. The predicted octanol–water partition coefficient (Wildman–Crippen LogP) is 5.66. The summed E-state index contributed by atoms with van der Waals surface area (Å²) in [7, 11) is 0. The molecule has 2 aromatic rings. The second-order valence-electron chi connectivity index (χ2n) is 7.32. The maximum atomic E-state index is 14.3. The van der Waals surface area contributed by atoms with Gasteiger partial charge < -0.3 is 10.4 Å². The third-order valence-electron chi connectivity index (χ3n) is 5.24. The lowest BCUT2D eigenvalue weighted by atomic mass is 10.0. The van der Waals surface area contributed by atoms with Gasteiger partial charge in [-0.15, -0.1) is 0 Å². The average molecular weight is 416 g/mol. The van der Waals surface area contributed by atoms with Crippen molar-refractivity contribution in [1.82, 2.24) is 5.32 Å². The van der Waals surface area contributed by atoms with E-state index in [4.69, 9.17) is 11.6 Å². The van der Waals surface area contributed by atoms with Gasteiger partial charge in [-0.05, 0) is 42.2 Å². The molecule has 1 saturated carbocycles. The Morgan fingerprint density at radius 2 is 1.90 bits per heavy atom. The minimum absolute atomic E-state index is 0.0657. The molecule has 0 unspecified atom stereocenters. The Bertz CT molecular complexity index is 935. The maximum Gasteiger partial charge on any atom is 0.352 e. The summed E-state index contributed by atoms with van der Waals surface area (Å²) in [5, 5.41) is 12.4. The molecule has 0 saturated heterocycles. The van der Waals surface area contributed by atoms with Gasteiger partial charge in [-0.3, -0.25) is 4.79 Å². The molecule has 0 atom stereocenters. The van der Waals surface area contributed by atoms with Gasteiger partial charge in [-0.1, -0.05) is 61.5 Å². The molecule has 0 heterocycles. The molecule has 6 heteroatoms. The van der Waals surface area contributed by atoms with E-state index in [1.54, 1.807) is 24.3 Å². The number of nitrogens with one attached hydrogen (secondary N) is 1. The molecule has 0 spiro atoms. The lowest BCUT2D eigenvalue weighted by Gasteiger charge is -2.10. The number of hydrogen-bond acceptors (Lipinski definition) is 2. The van der Waals surface area contributed by atoms with E-state index in [9.17, 15) is 19.1 Å². The molecule has 1 aliphatic rings. The van der Waals surface area contributed by atoms with Gasteiger partial charge >= 0.3 is 5.97 Å². The van der Waals surface area contributed by atoms with Crippen molar-refractivity contribution in [3.8, 4) is 11.1 Å². The van der Waals surface area contributed by atoms with Gasteiger partial charge in [0.15, 0.2) is 0 Å². The van der Waals surface area contributed by atoms with Crippen molar-refractivity contribution in [3.05, 3.63) is 64.6 Å². The molecule has 29 heavy (non-hydrogen) atoms. The lowest BCUT2D eigenvalue weighted by molar-refractivity contribution is -0.134. The number of aliphatic carboxylic acids is 1. The van der Waals surface area contributed by atoms with Crippen LogP contribution in [0, 0.1) is 11.7 Å². The number of amides is 1. The van der Waals surface area contributed by atoms with Crippen molar-refractivity contribution in [2.75, 3.05) is 0 Å². The van der Waals surface area contributed by atoms with E-state index in [-0.39, 0.29) is 23.6 Å². The molecule has 0 aromatic heterocycles. The fourth-order valence-electron chi connectivity index (χ4n) is 3.67. The van der Waals surface area contributed by atoms with Crippen molar-refractivity contribution in [2.45, 2.75) is 38.5 Å². The van der Waals surface area contributed by atoms with E-state index in [0.717, 1.165) is 25.3 Å². The summed E-state index contributed by atoms with van der Waals surface area (Å²) in [4.78, 5) is 23.8. The number of benzene rings is 2. The average Bonchev–Trinajstić information content (AvgIpc) is 3.21. The van der Waals surface area contributed by atoms with E-state index >= 15 is 0 Å². The molecule has 2 aromatic carbocycles. The van der Waals surface area contributed by atoms with E-state index in [1.165, 1.54) is 25.0 Å². The normalized spacial score (nSPS) is 14.8. The van der Waals surface area contributed by atoms with Crippen LogP contribution in [-0.4, -0.2) is 17.0 Å². The highest BCUT2D eigenvalue weighted by Gasteiger charge is 2.18. The number of hydrogen-bond donors (Lipinski definition) is 2. The van der Waals surface area contributed by atoms with Crippen molar-refractivity contribution in [2.24, 2.45) is 5.92 Å². The summed E-state index contributed by atoms with van der Waals surface area (Å²) in [6.07, 6.45) is 6.77. The zero-order chi connectivity index (χ0) is 20.8. The SMILES string of the molecule is O=C(CCC1CCCC1)N/C(=C\c1cc(-c2ccccc2Cl)ccc1F)C(=O)O. The highest BCUT2D eigenvalue weighted by Crippen LogP contribution is 2.30. The van der Waals surface area contributed by atoms with Crippen LogP contribution in [0.1, 0.15) is 44.1 Å². The zero-order valence-corrected chi connectivity index (χ0v) is 16.7. The van der Waals surface area contributed by atoms with Crippen LogP contribution in [0.15, 0.2) is 48.2 Å². The second kappa shape index (κ2) is 9.70. The first kappa shape index (κ1) is 21.1. The van der Waals surface area contributed by atoms with Crippen molar-refractivity contribution in [1.29, 1.82) is 0 Å². The third kappa shape index (κ3) is 5.67. The van der Waals surface area contributed by atoms with Crippen LogP contribution >= 0.6 is 11.6 Å². The van der Waals surface area contributed by atoms with Gasteiger partial charge in [0.2, 0.25) is 5.91 Å². The van der Waals surface area contributed by atoms with E-state index in [2.05, 4.69) is 5.32 Å². The van der Waals surface area contributed by atoms with Gasteiger partial charge in [0.05, 0.1) is 0 Å². The molecule has 1 amide bonds. The van der Waals surface area contributed by atoms with Crippen LogP contribution in [0.25, 0.3) is 17.2 Å². The first-order valence-corrected chi connectivity index (χ1v) is 10.1. The highest BCUT2D eigenvalue weighted by atomic mass is 35.5. The predicted molar refractivity (Wildman–Crippen MR) is 112 cm³/mol. The summed E-state index contributed by atoms with van der Waals surface area (Å²) in [6.45, 7) is 0. The molecule has 0 bridgehead atoms. The van der Waals surface area contributed by atoms with Crippen LogP contribution in [0.4, 0.5) is 4.39 Å². The molecule has 0 aliphatic heterocycles. The zero-order valence-electron chi connectivity index (χ0n) is 16.0. The molecule has 1 aliphatic carbocycles. The van der Waals surface area contributed by atoms with Crippen LogP contribution in [-0.2, 0) is 9.59 Å². The van der Waals surface area contributed by atoms with Gasteiger partial charge in [-0.2, -0.15) is 0 Å². The fourth-order valence-corrected chi connectivity index (χ4v) is 3.92. The van der Waals surface area contributed by atoms with Crippen LogP contribution < -0.4 is 5.32 Å². The summed E-state index contributed by atoms with van der Waals surface area (Å²) in [5.41, 5.74) is 1.08. The van der Waals surface area contributed by atoms with Crippen molar-refractivity contribution >= 4 is 29.6 Å². The Hall–Kier alpha value is -2.66. The van der Waals surface area contributed by atoms with Crippen molar-refractivity contribution in [3.63, 3.8) is 0 Å².